The highest BCUT2D eigenvalue weighted by Crippen LogP contribution is 2.41. The van der Waals surface area contributed by atoms with E-state index in [4.69, 9.17) is 14.2 Å². The molecule has 1 aromatic heterocycles. The van der Waals surface area contributed by atoms with E-state index in [-0.39, 0.29) is 11.4 Å². The molecule has 3 aromatic rings. The van der Waals surface area contributed by atoms with E-state index >= 15 is 0 Å². The largest absolute Gasteiger partial charge is 0.493 e. The summed E-state index contributed by atoms with van der Waals surface area (Å²) in [5.41, 5.74) is 0.673. The summed E-state index contributed by atoms with van der Waals surface area (Å²) >= 11 is 0. The Bertz CT molecular complexity index is 1000. The molecule has 0 radical (unpaired) electrons. The lowest BCUT2D eigenvalue weighted by molar-refractivity contribution is 0.326. The van der Waals surface area contributed by atoms with Gasteiger partial charge in [0, 0.05) is 6.54 Å². The fourth-order valence-corrected chi connectivity index (χ4v) is 2.87. The molecular formula is C19H19FN2O4. The van der Waals surface area contributed by atoms with Crippen LogP contribution in [-0.2, 0) is 13.0 Å². The molecule has 2 aromatic carbocycles. The predicted molar refractivity (Wildman–Crippen MR) is 95.8 cm³/mol. The molecule has 1 heterocycles. The van der Waals surface area contributed by atoms with Crippen LogP contribution < -0.4 is 19.8 Å². The standard InChI is InChI=1S/C19H19FN2O4/c1-24-15-10-13-16(18(26-3)17(15)25-2)21-11-22(19(13)23)9-8-12-6-4-5-7-14(12)20/h4-7,10-11H,8-9H2,1-3H3. The third kappa shape index (κ3) is 3.08. The van der Waals surface area contributed by atoms with Gasteiger partial charge in [0.1, 0.15) is 11.3 Å². The van der Waals surface area contributed by atoms with Crippen molar-refractivity contribution >= 4 is 10.9 Å². The molecule has 0 amide bonds. The van der Waals surface area contributed by atoms with Crippen LogP contribution in [0.4, 0.5) is 4.39 Å². The molecular weight excluding hydrogens is 339 g/mol. The summed E-state index contributed by atoms with van der Waals surface area (Å²) in [4.78, 5) is 17.2. The highest BCUT2D eigenvalue weighted by molar-refractivity contribution is 5.89. The molecule has 3 rings (SSSR count). The highest BCUT2D eigenvalue weighted by Gasteiger charge is 2.19. The second-order valence-electron chi connectivity index (χ2n) is 5.63. The van der Waals surface area contributed by atoms with E-state index in [0.29, 0.717) is 46.7 Å². The molecule has 0 spiro atoms. The van der Waals surface area contributed by atoms with E-state index in [1.807, 2.05) is 0 Å². The van der Waals surface area contributed by atoms with Gasteiger partial charge in [-0.1, -0.05) is 18.2 Å². The average Bonchev–Trinajstić information content (AvgIpc) is 2.67. The van der Waals surface area contributed by atoms with Crippen molar-refractivity contribution in [3.63, 3.8) is 0 Å². The Morgan fingerprint density at radius 1 is 1.08 bits per heavy atom. The molecule has 0 N–H and O–H groups in total. The molecule has 0 unspecified atom stereocenters. The first kappa shape index (κ1) is 17.7. The summed E-state index contributed by atoms with van der Waals surface area (Å²) in [5, 5.41) is 0.343. The molecule has 7 heteroatoms. The van der Waals surface area contributed by atoms with E-state index < -0.39 is 0 Å². The minimum absolute atomic E-state index is 0.259. The van der Waals surface area contributed by atoms with Crippen molar-refractivity contribution in [1.29, 1.82) is 0 Å². The van der Waals surface area contributed by atoms with Crippen LogP contribution in [0.25, 0.3) is 10.9 Å². The zero-order chi connectivity index (χ0) is 18.7. The van der Waals surface area contributed by atoms with Crippen molar-refractivity contribution in [2.24, 2.45) is 0 Å². The van der Waals surface area contributed by atoms with Gasteiger partial charge in [-0.3, -0.25) is 9.36 Å². The first-order chi connectivity index (χ1) is 12.6. The van der Waals surface area contributed by atoms with Crippen LogP contribution in [0.2, 0.25) is 0 Å². The number of rotatable bonds is 6. The van der Waals surface area contributed by atoms with Crippen LogP contribution in [0.1, 0.15) is 5.56 Å². The molecule has 6 nitrogen and oxygen atoms in total. The van der Waals surface area contributed by atoms with E-state index in [1.165, 1.54) is 38.3 Å². The second kappa shape index (κ2) is 7.43. The van der Waals surface area contributed by atoms with Crippen LogP contribution in [0.3, 0.4) is 0 Å². The SMILES string of the molecule is COc1cc2c(=O)n(CCc3ccccc3F)cnc2c(OC)c1OC. The van der Waals surface area contributed by atoms with Gasteiger partial charge in [-0.05, 0) is 24.1 Å². The summed E-state index contributed by atoms with van der Waals surface area (Å²) in [6.45, 7) is 0.305. The number of aryl methyl sites for hydroxylation is 2. The third-order valence-corrected chi connectivity index (χ3v) is 4.20. The molecule has 0 bridgehead atoms. The number of methoxy groups -OCH3 is 3. The van der Waals surface area contributed by atoms with Crippen LogP contribution in [0.5, 0.6) is 17.2 Å². The van der Waals surface area contributed by atoms with E-state index in [9.17, 15) is 9.18 Å². The van der Waals surface area contributed by atoms with Crippen molar-refractivity contribution < 1.29 is 18.6 Å². The average molecular weight is 358 g/mol. The number of hydrogen-bond donors (Lipinski definition) is 0. The van der Waals surface area contributed by atoms with Gasteiger partial charge in [-0.2, -0.15) is 0 Å². The molecule has 0 atom stereocenters. The van der Waals surface area contributed by atoms with Gasteiger partial charge in [-0.15, -0.1) is 0 Å². The number of fused-ring (bicyclic) bond motifs is 1. The Labute approximate surface area is 149 Å². The summed E-state index contributed by atoms with van der Waals surface area (Å²) in [5.74, 6) is 0.795. The Balaban J connectivity index is 2.05. The molecule has 0 fully saturated rings. The van der Waals surface area contributed by atoms with Gasteiger partial charge in [0.15, 0.2) is 11.5 Å². The van der Waals surface area contributed by atoms with Crippen molar-refractivity contribution in [2.45, 2.75) is 13.0 Å². The van der Waals surface area contributed by atoms with Gasteiger partial charge >= 0.3 is 0 Å². The van der Waals surface area contributed by atoms with E-state index in [2.05, 4.69) is 4.98 Å². The maximum absolute atomic E-state index is 13.8. The molecule has 26 heavy (non-hydrogen) atoms. The molecule has 0 aliphatic carbocycles. The number of ether oxygens (including phenoxy) is 3. The van der Waals surface area contributed by atoms with Gasteiger partial charge in [-0.25, -0.2) is 9.37 Å². The Morgan fingerprint density at radius 2 is 1.81 bits per heavy atom. The van der Waals surface area contributed by atoms with Crippen molar-refractivity contribution in [3.05, 3.63) is 58.4 Å². The molecule has 0 aliphatic heterocycles. The zero-order valence-electron chi connectivity index (χ0n) is 14.8. The van der Waals surface area contributed by atoms with Gasteiger partial charge < -0.3 is 14.2 Å². The van der Waals surface area contributed by atoms with Gasteiger partial charge in [0.05, 0.1) is 33.0 Å². The van der Waals surface area contributed by atoms with Crippen molar-refractivity contribution in [3.8, 4) is 17.2 Å². The summed E-state index contributed by atoms with van der Waals surface area (Å²) in [6.07, 6.45) is 1.81. The van der Waals surface area contributed by atoms with Crippen molar-refractivity contribution in [1.82, 2.24) is 9.55 Å². The minimum Gasteiger partial charge on any atom is -0.493 e. The first-order valence-electron chi connectivity index (χ1n) is 8.02. The zero-order valence-corrected chi connectivity index (χ0v) is 14.8. The summed E-state index contributed by atoms with van der Waals surface area (Å²) in [6, 6.07) is 8.08. The number of aromatic nitrogens is 2. The Hall–Kier alpha value is -3.09. The van der Waals surface area contributed by atoms with Crippen LogP contribution in [-0.4, -0.2) is 30.9 Å². The normalized spacial score (nSPS) is 10.8. The molecule has 136 valence electrons. The van der Waals surface area contributed by atoms with Crippen molar-refractivity contribution in [2.75, 3.05) is 21.3 Å². The Kier molecular flexibility index (Phi) is 5.06. The van der Waals surface area contributed by atoms with Crippen LogP contribution in [0.15, 0.2) is 41.5 Å². The second-order valence-corrected chi connectivity index (χ2v) is 5.63. The van der Waals surface area contributed by atoms with E-state index in [1.54, 1.807) is 24.3 Å². The molecule has 0 saturated heterocycles. The number of hydrogen-bond acceptors (Lipinski definition) is 5. The van der Waals surface area contributed by atoms with Crippen LogP contribution in [0, 0.1) is 5.82 Å². The molecule has 0 saturated carbocycles. The van der Waals surface area contributed by atoms with E-state index in [0.717, 1.165) is 0 Å². The maximum atomic E-state index is 13.8. The van der Waals surface area contributed by atoms with Gasteiger partial charge in [0.25, 0.3) is 5.56 Å². The number of halogens is 1. The fraction of sp³-hybridized carbons (Fsp3) is 0.263. The van der Waals surface area contributed by atoms with Crippen LogP contribution >= 0.6 is 0 Å². The summed E-state index contributed by atoms with van der Waals surface area (Å²) in [7, 11) is 4.44. The lowest BCUT2D eigenvalue weighted by Gasteiger charge is -2.15. The highest BCUT2D eigenvalue weighted by atomic mass is 19.1. The smallest absolute Gasteiger partial charge is 0.261 e. The third-order valence-electron chi connectivity index (χ3n) is 4.20. The molecule has 0 aliphatic rings. The maximum Gasteiger partial charge on any atom is 0.261 e. The monoisotopic (exact) mass is 358 g/mol. The minimum atomic E-state index is -0.289. The number of nitrogens with zero attached hydrogens (tertiary/aromatic N) is 2. The topological polar surface area (TPSA) is 62.6 Å². The summed E-state index contributed by atoms with van der Waals surface area (Å²) < 4.78 is 31.2. The van der Waals surface area contributed by atoms with Gasteiger partial charge in [0.2, 0.25) is 5.75 Å². The Morgan fingerprint density at radius 3 is 2.46 bits per heavy atom. The first-order valence-corrected chi connectivity index (χ1v) is 8.02. The number of benzene rings is 2. The predicted octanol–water partition coefficient (Wildman–Crippen LogP) is 2.80. The quantitative estimate of drug-likeness (QED) is 0.678. The lowest BCUT2D eigenvalue weighted by atomic mass is 10.1. The fourth-order valence-electron chi connectivity index (χ4n) is 2.87. The lowest BCUT2D eigenvalue weighted by Crippen LogP contribution is -2.22.